The number of hydrogen-bond acceptors (Lipinski definition) is 3. The summed E-state index contributed by atoms with van der Waals surface area (Å²) in [4.78, 5) is 0. The van der Waals surface area contributed by atoms with Crippen molar-refractivity contribution in [2.45, 2.75) is 0 Å². The molecule has 0 spiro atoms. The van der Waals surface area contributed by atoms with E-state index < -0.39 is 5.82 Å². The quantitative estimate of drug-likeness (QED) is 0.719. The first-order valence-electron chi connectivity index (χ1n) is 6.04. The highest BCUT2D eigenvalue weighted by Gasteiger charge is 2.23. The van der Waals surface area contributed by atoms with Crippen LogP contribution in [0.25, 0.3) is 22.5 Å². The van der Waals surface area contributed by atoms with Gasteiger partial charge in [-0.15, -0.1) is 0 Å². The van der Waals surface area contributed by atoms with Gasteiger partial charge in [0, 0.05) is 10.6 Å². The Bertz CT molecular complexity index is 797. The van der Waals surface area contributed by atoms with Crippen LogP contribution in [0, 0.1) is 5.82 Å². The number of hydrogen-bond donors (Lipinski definition) is 1. The number of benzene rings is 2. The molecule has 0 aliphatic rings. The Morgan fingerprint density at radius 2 is 1.67 bits per heavy atom. The van der Waals surface area contributed by atoms with E-state index in [1.807, 2.05) is 0 Å². The molecule has 0 fully saturated rings. The maximum Gasteiger partial charge on any atom is 0.181 e. The average molecular weight is 323 g/mol. The van der Waals surface area contributed by atoms with Crippen LogP contribution in [0.1, 0.15) is 0 Å². The summed E-state index contributed by atoms with van der Waals surface area (Å²) in [7, 11) is 0. The Labute approximate surface area is 130 Å². The molecule has 0 saturated heterocycles. The SMILES string of the molecule is Nc1noc(-c2c(F)cccc2Cl)c1-c1ccccc1Cl. The van der Waals surface area contributed by atoms with Crippen LogP contribution in [-0.4, -0.2) is 5.16 Å². The van der Waals surface area contributed by atoms with Crippen molar-refractivity contribution in [1.29, 1.82) is 0 Å². The molecule has 106 valence electrons. The van der Waals surface area contributed by atoms with Gasteiger partial charge in [-0.1, -0.05) is 52.6 Å². The van der Waals surface area contributed by atoms with Crippen molar-refractivity contribution in [2.75, 3.05) is 5.73 Å². The highest BCUT2D eigenvalue weighted by molar-refractivity contribution is 6.34. The van der Waals surface area contributed by atoms with Crippen molar-refractivity contribution in [3.8, 4) is 22.5 Å². The van der Waals surface area contributed by atoms with E-state index in [2.05, 4.69) is 5.16 Å². The van der Waals surface area contributed by atoms with Crippen molar-refractivity contribution in [2.24, 2.45) is 0 Å². The number of anilines is 1. The standard InChI is InChI=1S/C15H9Cl2FN2O/c16-9-5-2-1-4-8(9)12-14(21-20-15(12)19)13-10(17)6-3-7-11(13)18/h1-7H,(H2,19,20). The second-order valence-electron chi connectivity index (χ2n) is 4.35. The van der Waals surface area contributed by atoms with Crippen LogP contribution in [0.15, 0.2) is 47.0 Å². The fourth-order valence-electron chi connectivity index (χ4n) is 2.11. The largest absolute Gasteiger partial charge is 0.380 e. The number of nitrogen functional groups attached to an aromatic ring is 1. The number of aromatic nitrogens is 1. The summed E-state index contributed by atoms with van der Waals surface area (Å²) >= 11 is 12.2. The van der Waals surface area contributed by atoms with Gasteiger partial charge in [0.25, 0.3) is 0 Å². The molecule has 0 radical (unpaired) electrons. The zero-order valence-electron chi connectivity index (χ0n) is 10.6. The van der Waals surface area contributed by atoms with Crippen molar-refractivity contribution in [1.82, 2.24) is 5.16 Å². The zero-order valence-corrected chi connectivity index (χ0v) is 12.1. The van der Waals surface area contributed by atoms with Crippen molar-refractivity contribution in [3.63, 3.8) is 0 Å². The molecular formula is C15H9Cl2FN2O. The molecule has 6 heteroatoms. The summed E-state index contributed by atoms with van der Waals surface area (Å²) in [6.45, 7) is 0. The fraction of sp³-hybridized carbons (Fsp3) is 0. The average Bonchev–Trinajstić information content (AvgIpc) is 2.81. The lowest BCUT2D eigenvalue weighted by Gasteiger charge is -2.07. The molecule has 21 heavy (non-hydrogen) atoms. The summed E-state index contributed by atoms with van der Waals surface area (Å²) in [6.07, 6.45) is 0. The predicted octanol–water partition coefficient (Wildman–Crippen LogP) is 5.04. The van der Waals surface area contributed by atoms with E-state index in [0.29, 0.717) is 16.1 Å². The van der Waals surface area contributed by atoms with E-state index in [9.17, 15) is 4.39 Å². The minimum atomic E-state index is -0.521. The molecule has 0 unspecified atom stereocenters. The molecule has 3 nitrogen and oxygen atoms in total. The summed E-state index contributed by atoms with van der Waals surface area (Å²) < 4.78 is 19.3. The van der Waals surface area contributed by atoms with E-state index in [1.54, 1.807) is 30.3 Å². The topological polar surface area (TPSA) is 52.0 Å². The molecule has 2 N–H and O–H groups in total. The highest BCUT2D eigenvalue weighted by Crippen LogP contribution is 2.42. The molecule has 1 heterocycles. The number of rotatable bonds is 2. The summed E-state index contributed by atoms with van der Waals surface area (Å²) in [5, 5.41) is 4.38. The van der Waals surface area contributed by atoms with Gasteiger partial charge in [-0.3, -0.25) is 0 Å². The monoisotopic (exact) mass is 322 g/mol. The summed E-state index contributed by atoms with van der Waals surface area (Å²) in [5.74, 6) is -0.243. The van der Waals surface area contributed by atoms with Crippen LogP contribution in [0.2, 0.25) is 10.0 Å². The number of nitrogens with two attached hydrogens (primary N) is 1. The van der Waals surface area contributed by atoms with Gasteiger partial charge in [-0.05, 0) is 18.2 Å². The fourth-order valence-corrected chi connectivity index (χ4v) is 2.59. The first kappa shape index (κ1) is 13.9. The van der Waals surface area contributed by atoms with E-state index in [0.717, 1.165) is 0 Å². The molecule has 1 aromatic heterocycles. The molecule has 3 aromatic rings. The van der Waals surface area contributed by atoms with Gasteiger partial charge in [-0.25, -0.2) is 4.39 Å². The second kappa shape index (κ2) is 5.39. The Kier molecular flexibility index (Phi) is 3.57. The Balaban J connectivity index is 2.31. The maximum atomic E-state index is 14.1. The number of nitrogens with zero attached hydrogens (tertiary/aromatic N) is 1. The number of halogens is 3. The molecule has 0 atom stereocenters. The normalized spacial score (nSPS) is 10.8. The van der Waals surface area contributed by atoms with E-state index in [1.165, 1.54) is 12.1 Å². The lowest BCUT2D eigenvalue weighted by Crippen LogP contribution is -1.91. The first-order chi connectivity index (χ1) is 10.1. The molecule has 3 rings (SSSR count). The van der Waals surface area contributed by atoms with Gasteiger partial charge >= 0.3 is 0 Å². The van der Waals surface area contributed by atoms with Gasteiger partial charge in [0.2, 0.25) is 0 Å². The molecule has 0 bridgehead atoms. The predicted molar refractivity (Wildman–Crippen MR) is 81.8 cm³/mol. The summed E-state index contributed by atoms with van der Waals surface area (Å²) in [5.41, 5.74) is 6.99. The molecule has 0 saturated carbocycles. The minimum Gasteiger partial charge on any atom is -0.380 e. The van der Waals surface area contributed by atoms with Crippen LogP contribution in [-0.2, 0) is 0 Å². The highest BCUT2D eigenvalue weighted by atomic mass is 35.5. The molecule has 0 aliphatic heterocycles. The van der Waals surface area contributed by atoms with Gasteiger partial charge in [0.05, 0.1) is 16.1 Å². The zero-order chi connectivity index (χ0) is 15.0. The van der Waals surface area contributed by atoms with E-state index in [4.69, 9.17) is 33.5 Å². The Morgan fingerprint density at radius 1 is 0.952 bits per heavy atom. The van der Waals surface area contributed by atoms with E-state index in [-0.39, 0.29) is 22.2 Å². The van der Waals surface area contributed by atoms with Gasteiger partial charge in [0.15, 0.2) is 11.6 Å². The maximum absolute atomic E-state index is 14.1. The molecular weight excluding hydrogens is 314 g/mol. The van der Waals surface area contributed by atoms with Crippen LogP contribution >= 0.6 is 23.2 Å². The smallest absolute Gasteiger partial charge is 0.181 e. The second-order valence-corrected chi connectivity index (χ2v) is 5.16. The Hall–Kier alpha value is -2.04. The van der Waals surface area contributed by atoms with Gasteiger partial charge < -0.3 is 10.3 Å². The van der Waals surface area contributed by atoms with Crippen LogP contribution in [0.3, 0.4) is 0 Å². The molecule has 0 amide bonds. The van der Waals surface area contributed by atoms with Gasteiger partial charge in [-0.2, -0.15) is 0 Å². The first-order valence-corrected chi connectivity index (χ1v) is 6.79. The van der Waals surface area contributed by atoms with Crippen LogP contribution in [0.5, 0.6) is 0 Å². The van der Waals surface area contributed by atoms with Crippen LogP contribution < -0.4 is 5.73 Å². The summed E-state index contributed by atoms with van der Waals surface area (Å²) in [6, 6.07) is 11.4. The van der Waals surface area contributed by atoms with Gasteiger partial charge in [0.1, 0.15) is 5.82 Å². The molecule has 0 aliphatic carbocycles. The van der Waals surface area contributed by atoms with Crippen molar-refractivity contribution in [3.05, 3.63) is 58.3 Å². The third-order valence-corrected chi connectivity index (χ3v) is 3.70. The third-order valence-electron chi connectivity index (χ3n) is 3.05. The lowest BCUT2D eigenvalue weighted by atomic mass is 10.0. The van der Waals surface area contributed by atoms with E-state index >= 15 is 0 Å². The minimum absolute atomic E-state index is 0.110. The van der Waals surface area contributed by atoms with Crippen molar-refractivity contribution >= 4 is 29.0 Å². The van der Waals surface area contributed by atoms with Crippen molar-refractivity contribution < 1.29 is 8.91 Å². The molecule has 2 aromatic carbocycles. The lowest BCUT2D eigenvalue weighted by molar-refractivity contribution is 0.433. The third kappa shape index (κ3) is 2.37. The Morgan fingerprint density at radius 3 is 2.38 bits per heavy atom. The van der Waals surface area contributed by atoms with Crippen LogP contribution in [0.4, 0.5) is 10.2 Å².